The molecule has 0 aliphatic carbocycles. The van der Waals surface area contributed by atoms with E-state index in [1.165, 1.54) is 0 Å². The molecule has 0 bridgehead atoms. The highest BCUT2D eigenvalue weighted by molar-refractivity contribution is 6.99. The number of primary amides is 1. The summed E-state index contributed by atoms with van der Waals surface area (Å²) in [6, 6.07) is 0.317. The van der Waals surface area contributed by atoms with E-state index < -0.39 is 0 Å². The van der Waals surface area contributed by atoms with Gasteiger partial charge >= 0.3 is 0 Å². The number of carbonyl (C=O) groups excluding carboxylic acids is 1. The van der Waals surface area contributed by atoms with Gasteiger partial charge in [-0.2, -0.15) is 8.75 Å². The summed E-state index contributed by atoms with van der Waals surface area (Å²) < 4.78 is 8.09. The van der Waals surface area contributed by atoms with Crippen molar-refractivity contribution in [1.29, 1.82) is 0 Å². The molecule has 7 heteroatoms. The SMILES string of the molecule is CC1CCC(C(N)=O)CN1c1nsnc1Cl. The molecule has 2 heterocycles. The monoisotopic (exact) mass is 260 g/mol. The minimum atomic E-state index is -0.254. The molecule has 2 rings (SSSR count). The van der Waals surface area contributed by atoms with Crippen molar-refractivity contribution in [3.8, 4) is 0 Å². The maximum atomic E-state index is 11.2. The van der Waals surface area contributed by atoms with Gasteiger partial charge in [0.2, 0.25) is 5.91 Å². The molecule has 1 aliphatic heterocycles. The predicted octanol–water partition coefficient (Wildman–Crippen LogP) is 1.28. The van der Waals surface area contributed by atoms with Crippen LogP contribution in [0.25, 0.3) is 0 Å². The third kappa shape index (κ3) is 2.12. The summed E-state index contributed by atoms with van der Waals surface area (Å²) in [7, 11) is 0. The minimum absolute atomic E-state index is 0.117. The molecule has 0 spiro atoms. The Balaban J connectivity index is 2.19. The number of nitrogens with zero attached hydrogens (tertiary/aromatic N) is 3. The number of aromatic nitrogens is 2. The molecule has 0 saturated carbocycles. The number of amides is 1. The second kappa shape index (κ2) is 4.55. The molecule has 16 heavy (non-hydrogen) atoms. The van der Waals surface area contributed by atoms with E-state index >= 15 is 0 Å². The lowest BCUT2D eigenvalue weighted by atomic mass is 9.93. The number of carbonyl (C=O) groups is 1. The first-order valence-electron chi connectivity index (χ1n) is 5.13. The summed E-state index contributed by atoms with van der Waals surface area (Å²) in [5.41, 5.74) is 5.33. The zero-order valence-corrected chi connectivity index (χ0v) is 10.5. The molecule has 1 aromatic heterocycles. The van der Waals surface area contributed by atoms with Crippen molar-refractivity contribution in [3.05, 3.63) is 5.15 Å². The zero-order valence-electron chi connectivity index (χ0n) is 8.89. The van der Waals surface area contributed by atoms with Gasteiger partial charge in [-0.25, -0.2) is 0 Å². The van der Waals surface area contributed by atoms with Crippen LogP contribution >= 0.6 is 23.3 Å². The predicted molar refractivity (Wildman–Crippen MR) is 63.6 cm³/mol. The van der Waals surface area contributed by atoms with Crippen molar-refractivity contribution in [2.45, 2.75) is 25.8 Å². The third-order valence-electron chi connectivity index (χ3n) is 2.99. The normalized spacial score (nSPS) is 25.8. The van der Waals surface area contributed by atoms with E-state index in [1.54, 1.807) is 0 Å². The molecule has 2 N–H and O–H groups in total. The first kappa shape index (κ1) is 11.6. The van der Waals surface area contributed by atoms with E-state index in [1.807, 2.05) is 4.90 Å². The van der Waals surface area contributed by atoms with Crippen LogP contribution in [0.4, 0.5) is 5.82 Å². The Morgan fingerprint density at radius 3 is 2.88 bits per heavy atom. The Kier molecular flexibility index (Phi) is 3.30. The van der Waals surface area contributed by atoms with Gasteiger partial charge < -0.3 is 10.6 Å². The quantitative estimate of drug-likeness (QED) is 0.870. The maximum absolute atomic E-state index is 11.2. The molecular formula is C9H13ClN4OS. The highest BCUT2D eigenvalue weighted by atomic mass is 35.5. The summed E-state index contributed by atoms with van der Waals surface area (Å²) >= 11 is 7.03. The number of hydrogen-bond donors (Lipinski definition) is 1. The van der Waals surface area contributed by atoms with E-state index in [-0.39, 0.29) is 11.8 Å². The van der Waals surface area contributed by atoms with Crippen molar-refractivity contribution in [1.82, 2.24) is 8.75 Å². The lowest BCUT2D eigenvalue weighted by Gasteiger charge is -2.36. The van der Waals surface area contributed by atoms with Crippen LogP contribution in [0.3, 0.4) is 0 Å². The molecule has 5 nitrogen and oxygen atoms in total. The molecule has 1 amide bonds. The number of piperidine rings is 1. The number of halogens is 1. The first-order valence-corrected chi connectivity index (χ1v) is 6.24. The summed E-state index contributed by atoms with van der Waals surface area (Å²) in [5.74, 6) is 0.301. The number of anilines is 1. The molecular weight excluding hydrogens is 248 g/mol. The average molecular weight is 261 g/mol. The Morgan fingerprint density at radius 2 is 2.31 bits per heavy atom. The van der Waals surface area contributed by atoms with Crippen molar-refractivity contribution in [2.24, 2.45) is 11.7 Å². The third-order valence-corrected chi connectivity index (χ3v) is 3.86. The van der Waals surface area contributed by atoms with Gasteiger partial charge in [0, 0.05) is 12.6 Å². The van der Waals surface area contributed by atoms with E-state index in [0.29, 0.717) is 23.6 Å². The molecule has 2 atom stereocenters. The van der Waals surface area contributed by atoms with Gasteiger partial charge in [-0.05, 0) is 19.8 Å². The lowest BCUT2D eigenvalue weighted by Crippen LogP contribution is -2.46. The number of hydrogen-bond acceptors (Lipinski definition) is 5. The number of rotatable bonds is 2. The zero-order chi connectivity index (χ0) is 11.7. The fourth-order valence-electron chi connectivity index (χ4n) is 1.98. The Hall–Kier alpha value is -0.880. The summed E-state index contributed by atoms with van der Waals surface area (Å²) in [6.07, 6.45) is 1.75. The van der Waals surface area contributed by atoms with Crippen LogP contribution in [0, 0.1) is 5.92 Å². The van der Waals surface area contributed by atoms with Crippen LogP contribution in [-0.4, -0.2) is 27.2 Å². The van der Waals surface area contributed by atoms with Gasteiger partial charge in [-0.3, -0.25) is 4.79 Å². The van der Waals surface area contributed by atoms with Crippen LogP contribution in [0.1, 0.15) is 19.8 Å². The second-order valence-electron chi connectivity index (χ2n) is 4.06. The van der Waals surface area contributed by atoms with Crippen LogP contribution in [-0.2, 0) is 4.79 Å². The smallest absolute Gasteiger partial charge is 0.222 e. The Morgan fingerprint density at radius 1 is 1.56 bits per heavy atom. The second-order valence-corrected chi connectivity index (χ2v) is 4.94. The highest BCUT2D eigenvalue weighted by Gasteiger charge is 2.31. The molecule has 2 unspecified atom stereocenters. The molecule has 0 aromatic carbocycles. The van der Waals surface area contributed by atoms with Gasteiger partial charge in [0.05, 0.1) is 17.6 Å². The fraction of sp³-hybridized carbons (Fsp3) is 0.667. The minimum Gasteiger partial charge on any atom is -0.369 e. The largest absolute Gasteiger partial charge is 0.369 e. The van der Waals surface area contributed by atoms with Gasteiger partial charge in [0.25, 0.3) is 0 Å². The number of nitrogens with two attached hydrogens (primary N) is 1. The van der Waals surface area contributed by atoms with Crippen molar-refractivity contribution >= 4 is 35.1 Å². The highest BCUT2D eigenvalue weighted by Crippen LogP contribution is 2.30. The molecule has 88 valence electrons. The van der Waals surface area contributed by atoms with Gasteiger partial charge in [0.15, 0.2) is 11.0 Å². The average Bonchev–Trinajstić information content (AvgIpc) is 2.65. The van der Waals surface area contributed by atoms with Gasteiger partial charge in [0.1, 0.15) is 0 Å². The lowest BCUT2D eigenvalue weighted by molar-refractivity contribution is -0.122. The van der Waals surface area contributed by atoms with E-state index in [2.05, 4.69) is 15.7 Å². The molecule has 1 aromatic rings. The van der Waals surface area contributed by atoms with Crippen molar-refractivity contribution < 1.29 is 4.79 Å². The van der Waals surface area contributed by atoms with Crippen LogP contribution in [0.15, 0.2) is 0 Å². The summed E-state index contributed by atoms with van der Waals surface area (Å²) in [6.45, 7) is 2.68. The maximum Gasteiger partial charge on any atom is 0.222 e. The van der Waals surface area contributed by atoms with E-state index in [0.717, 1.165) is 24.6 Å². The molecule has 1 saturated heterocycles. The van der Waals surface area contributed by atoms with Crippen molar-refractivity contribution in [3.63, 3.8) is 0 Å². The summed E-state index contributed by atoms with van der Waals surface area (Å²) in [4.78, 5) is 13.2. The Labute approximate surface area is 103 Å². The summed E-state index contributed by atoms with van der Waals surface area (Å²) in [5, 5.41) is 0.405. The van der Waals surface area contributed by atoms with E-state index in [4.69, 9.17) is 17.3 Å². The fourth-order valence-corrected chi connectivity index (χ4v) is 2.74. The van der Waals surface area contributed by atoms with Gasteiger partial charge in [-0.15, -0.1) is 0 Å². The van der Waals surface area contributed by atoms with Gasteiger partial charge in [-0.1, -0.05) is 11.6 Å². The standard InChI is InChI=1S/C9H13ClN4OS/c1-5-2-3-6(8(11)15)4-14(5)9-7(10)12-16-13-9/h5-6H,2-4H2,1H3,(H2,11,15). The Bertz CT molecular complexity index is 397. The molecule has 1 fully saturated rings. The molecule has 1 aliphatic rings. The van der Waals surface area contributed by atoms with Crippen LogP contribution in [0.5, 0.6) is 0 Å². The molecule has 0 radical (unpaired) electrons. The van der Waals surface area contributed by atoms with E-state index in [9.17, 15) is 4.79 Å². The topological polar surface area (TPSA) is 72.1 Å². The first-order chi connectivity index (χ1) is 7.59. The van der Waals surface area contributed by atoms with Crippen LogP contribution in [0.2, 0.25) is 5.15 Å². The van der Waals surface area contributed by atoms with Crippen LogP contribution < -0.4 is 10.6 Å². The van der Waals surface area contributed by atoms with Crippen molar-refractivity contribution in [2.75, 3.05) is 11.4 Å².